The van der Waals surface area contributed by atoms with Gasteiger partial charge in [0.05, 0.1) is 23.8 Å². The zero-order valence-electron chi connectivity index (χ0n) is 13.9. The van der Waals surface area contributed by atoms with Crippen LogP contribution < -0.4 is 4.74 Å². The lowest BCUT2D eigenvalue weighted by Crippen LogP contribution is -1.96. The Morgan fingerprint density at radius 3 is 2.60 bits per heavy atom. The number of nitrogens with zero attached hydrogens (tertiary/aromatic N) is 2. The van der Waals surface area contributed by atoms with Gasteiger partial charge in [0.25, 0.3) is 0 Å². The summed E-state index contributed by atoms with van der Waals surface area (Å²) in [6.07, 6.45) is 2.74. The van der Waals surface area contributed by atoms with Crippen LogP contribution in [-0.2, 0) is 6.42 Å². The smallest absolute Gasteiger partial charge is 0.118 e. The van der Waals surface area contributed by atoms with E-state index >= 15 is 0 Å². The summed E-state index contributed by atoms with van der Waals surface area (Å²) in [5.74, 6) is 0.853. The van der Waals surface area contributed by atoms with E-state index in [1.807, 2.05) is 30.5 Å². The second-order valence-corrected chi connectivity index (χ2v) is 6.25. The first kappa shape index (κ1) is 14.2. The number of rotatable bonds is 2. The van der Waals surface area contributed by atoms with Crippen LogP contribution in [0.25, 0.3) is 33.4 Å². The van der Waals surface area contributed by atoms with Gasteiger partial charge in [0, 0.05) is 23.7 Å². The van der Waals surface area contributed by atoms with Gasteiger partial charge in [0.1, 0.15) is 5.75 Å². The Bertz CT molecular complexity index is 1100. The van der Waals surface area contributed by atoms with E-state index in [0.29, 0.717) is 0 Å². The molecule has 0 N–H and O–H groups in total. The van der Waals surface area contributed by atoms with Crippen LogP contribution in [0.3, 0.4) is 0 Å². The predicted molar refractivity (Wildman–Crippen MR) is 99.8 cm³/mol. The minimum Gasteiger partial charge on any atom is -0.497 e. The molecule has 1 aliphatic carbocycles. The van der Waals surface area contributed by atoms with Crippen molar-refractivity contribution < 1.29 is 4.74 Å². The highest BCUT2D eigenvalue weighted by Gasteiger charge is 2.25. The lowest BCUT2D eigenvalue weighted by Gasteiger charge is -2.12. The average molecular weight is 324 g/mol. The number of methoxy groups -OCH3 is 1. The van der Waals surface area contributed by atoms with Crippen molar-refractivity contribution in [3.63, 3.8) is 0 Å². The normalized spacial score (nSPS) is 12.0. The Morgan fingerprint density at radius 2 is 1.76 bits per heavy atom. The van der Waals surface area contributed by atoms with Crippen LogP contribution in [0.4, 0.5) is 0 Å². The molecule has 0 atom stereocenters. The Hall–Kier alpha value is -3.20. The number of pyridine rings is 2. The van der Waals surface area contributed by atoms with E-state index in [4.69, 9.17) is 9.72 Å². The lowest BCUT2D eigenvalue weighted by molar-refractivity contribution is 0.415. The SMILES string of the molecule is COc1ccc(-c2nc3cccnc3c3c2Cc2ccccc2-3)cc1. The van der Waals surface area contributed by atoms with Gasteiger partial charge in [-0.2, -0.15) is 0 Å². The highest BCUT2D eigenvalue weighted by Crippen LogP contribution is 2.44. The molecule has 0 unspecified atom stereocenters. The van der Waals surface area contributed by atoms with E-state index in [-0.39, 0.29) is 0 Å². The topological polar surface area (TPSA) is 35.0 Å². The van der Waals surface area contributed by atoms with Crippen molar-refractivity contribution in [3.05, 3.63) is 78.0 Å². The zero-order valence-corrected chi connectivity index (χ0v) is 13.9. The molecule has 0 saturated heterocycles. The third-order valence-electron chi connectivity index (χ3n) is 4.86. The van der Waals surface area contributed by atoms with Crippen molar-refractivity contribution in [1.82, 2.24) is 9.97 Å². The van der Waals surface area contributed by atoms with Crippen molar-refractivity contribution in [2.75, 3.05) is 7.11 Å². The maximum absolute atomic E-state index is 5.29. The molecule has 3 heteroatoms. The molecular formula is C22H16N2O. The molecule has 2 aromatic carbocycles. The third kappa shape index (κ3) is 2.13. The molecule has 0 spiro atoms. The second-order valence-electron chi connectivity index (χ2n) is 6.25. The predicted octanol–water partition coefficient (Wildman–Crippen LogP) is 4.88. The minimum atomic E-state index is 0.853. The summed E-state index contributed by atoms with van der Waals surface area (Å²) >= 11 is 0. The zero-order chi connectivity index (χ0) is 16.8. The Kier molecular flexibility index (Phi) is 3.07. The van der Waals surface area contributed by atoms with Gasteiger partial charge in [-0.25, -0.2) is 4.98 Å². The Morgan fingerprint density at radius 1 is 0.920 bits per heavy atom. The van der Waals surface area contributed by atoms with Gasteiger partial charge in [-0.3, -0.25) is 4.98 Å². The summed E-state index contributed by atoms with van der Waals surface area (Å²) in [4.78, 5) is 9.58. The maximum Gasteiger partial charge on any atom is 0.118 e. The first-order chi connectivity index (χ1) is 12.3. The van der Waals surface area contributed by atoms with E-state index in [9.17, 15) is 0 Å². The van der Waals surface area contributed by atoms with Crippen molar-refractivity contribution in [3.8, 4) is 28.1 Å². The van der Waals surface area contributed by atoms with Gasteiger partial charge in [0.2, 0.25) is 0 Å². The van der Waals surface area contributed by atoms with Gasteiger partial charge >= 0.3 is 0 Å². The number of fused-ring (bicyclic) bond motifs is 5. The molecule has 5 rings (SSSR count). The van der Waals surface area contributed by atoms with Gasteiger partial charge in [-0.05, 0) is 53.1 Å². The number of benzene rings is 2. The Balaban J connectivity index is 1.83. The van der Waals surface area contributed by atoms with Crippen LogP contribution in [-0.4, -0.2) is 17.1 Å². The van der Waals surface area contributed by atoms with Crippen molar-refractivity contribution >= 4 is 11.0 Å². The van der Waals surface area contributed by atoms with Crippen molar-refractivity contribution in [2.24, 2.45) is 0 Å². The molecular weight excluding hydrogens is 308 g/mol. The van der Waals surface area contributed by atoms with Gasteiger partial charge in [-0.1, -0.05) is 24.3 Å². The standard InChI is InChI=1S/C22H16N2O/c1-25-16-10-8-14(9-11-16)21-18-13-15-5-2-3-6-17(15)20(18)22-19(24-21)7-4-12-23-22/h2-12H,13H2,1H3. The van der Waals surface area contributed by atoms with Gasteiger partial charge in [0.15, 0.2) is 0 Å². The van der Waals surface area contributed by atoms with Gasteiger partial charge < -0.3 is 4.74 Å². The highest BCUT2D eigenvalue weighted by atomic mass is 16.5. The first-order valence-electron chi connectivity index (χ1n) is 8.35. The second kappa shape index (κ2) is 5.42. The summed E-state index contributed by atoms with van der Waals surface area (Å²) in [5.41, 5.74) is 9.17. The Labute approximate surface area is 146 Å². The lowest BCUT2D eigenvalue weighted by atomic mass is 9.99. The summed E-state index contributed by atoms with van der Waals surface area (Å²) in [5, 5.41) is 0. The molecule has 25 heavy (non-hydrogen) atoms. The molecule has 2 aromatic heterocycles. The molecule has 1 aliphatic rings. The van der Waals surface area contributed by atoms with Crippen LogP contribution in [0.15, 0.2) is 66.9 Å². The highest BCUT2D eigenvalue weighted by molar-refractivity contribution is 5.99. The van der Waals surface area contributed by atoms with E-state index in [1.54, 1.807) is 7.11 Å². The molecule has 2 heterocycles. The number of aromatic nitrogens is 2. The quantitative estimate of drug-likeness (QED) is 0.464. The summed E-state index contributed by atoms with van der Waals surface area (Å²) in [7, 11) is 1.68. The molecule has 120 valence electrons. The first-order valence-corrected chi connectivity index (χ1v) is 8.35. The number of ether oxygens (including phenoxy) is 1. The van der Waals surface area contributed by atoms with Crippen molar-refractivity contribution in [1.29, 1.82) is 0 Å². The molecule has 0 saturated carbocycles. The largest absolute Gasteiger partial charge is 0.497 e. The van der Waals surface area contributed by atoms with E-state index in [2.05, 4.69) is 41.4 Å². The molecule has 0 aliphatic heterocycles. The fourth-order valence-electron chi connectivity index (χ4n) is 3.69. The van der Waals surface area contributed by atoms with E-state index in [1.165, 1.54) is 22.3 Å². The fraction of sp³-hybridized carbons (Fsp3) is 0.0909. The minimum absolute atomic E-state index is 0.853. The van der Waals surface area contributed by atoms with E-state index < -0.39 is 0 Å². The van der Waals surface area contributed by atoms with E-state index in [0.717, 1.165) is 34.5 Å². The summed E-state index contributed by atoms with van der Waals surface area (Å²) in [6.45, 7) is 0. The number of hydrogen-bond donors (Lipinski definition) is 0. The molecule has 3 nitrogen and oxygen atoms in total. The van der Waals surface area contributed by atoms with Crippen molar-refractivity contribution in [2.45, 2.75) is 6.42 Å². The molecule has 4 aromatic rings. The monoisotopic (exact) mass is 324 g/mol. The van der Waals surface area contributed by atoms with Crippen LogP contribution in [0.1, 0.15) is 11.1 Å². The molecule has 0 radical (unpaired) electrons. The van der Waals surface area contributed by atoms with Gasteiger partial charge in [-0.15, -0.1) is 0 Å². The number of hydrogen-bond acceptors (Lipinski definition) is 3. The van der Waals surface area contributed by atoms with Crippen LogP contribution in [0.5, 0.6) is 5.75 Å². The van der Waals surface area contributed by atoms with Crippen LogP contribution in [0.2, 0.25) is 0 Å². The average Bonchev–Trinajstić information content (AvgIpc) is 3.07. The summed E-state index contributed by atoms with van der Waals surface area (Å²) < 4.78 is 5.29. The maximum atomic E-state index is 5.29. The third-order valence-corrected chi connectivity index (χ3v) is 4.86. The fourth-order valence-corrected chi connectivity index (χ4v) is 3.69. The van der Waals surface area contributed by atoms with Crippen LogP contribution >= 0.6 is 0 Å². The molecule has 0 fully saturated rings. The molecule has 0 amide bonds. The summed E-state index contributed by atoms with van der Waals surface area (Å²) in [6, 6.07) is 20.7. The van der Waals surface area contributed by atoms with Crippen LogP contribution in [0, 0.1) is 0 Å². The molecule has 0 bridgehead atoms.